The normalized spacial score (nSPS) is 15.4. The Bertz CT molecular complexity index is 1000. The number of hydrogen-bond donors (Lipinski definition) is 1. The van der Waals surface area contributed by atoms with E-state index in [9.17, 15) is 13.2 Å². The topological polar surface area (TPSA) is 97.3 Å². The van der Waals surface area contributed by atoms with Crippen molar-refractivity contribution in [3.05, 3.63) is 48.5 Å². The van der Waals surface area contributed by atoms with Crippen LogP contribution in [0, 0.1) is 0 Å². The molecule has 1 aliphatic heterocycles. The van der Waals surface area contributed by atoms with Crippen molar-refractivity contribution in [2.75, 3.05) is 32.6 Å². The standard InChI is InChI=1S/C20H23N3O5S/c1-23-13-5-8-19(23)22-29(25,26)16-11-9-15(10-12-16)21-20(24)14-28-18-7-4-3-6-17(18)27-2/h3-4,6-7,9-12H,5,8,13-14H2,1-2H3,(H,21,24). The first-order chi connectivity index (χ1) is 13.9. The van der Waals surface area contributed by atoms with E-state index in [4.69, 9.17) is 9.47 Å². The number of ether oxygens (including phenoxy) is 2. The van der Waals surface area contributed by atoms with Crippen molar-refractivity contribution in [1.82, 2.24) is 4.90 Å². The van der Waals surface area contributed by atoms with E-state index in [0.29, 0.717) is 29.4 Å². The molecule has 1 fully saturated rings. The van der Waals surface area contributed by atoms with Gasteiger partial charge >= 0.3 is 0 Å². The third-order valence-corrected chi connectivity index (χ3v) is 5.74. The van der Waals surface area contributed by atoms with Gasteiger partial charge < -0.3 is 19.7 Å². The van der Waals surface area contributed by atoms with Crippen LogP contribution in [0.2, 0.25) is 0 Å². The van der Waals surface area contributed by atoms with Gasteiger partial charge in [-0.05, 0) is 42.8 Å². The average Bonchev–Trinajstić information content (AvgIpc) is 3.11. The summed E-state index contributed by atoms with van der Waals surface area (Å²) in [6, 6.07) is 12.9. The summed E-state index contributed by atoms with van der Waals surface area (Å²) < 4.78 is 39.5. The molecule has 0 bridgehead atoms. The molecule has 0 aliphatic carbocycles. The van der Waals surface area contributed by atoms with Crippen molar-refractivity contribution in [3.63, 3.8) is 0 Å². The van der Waals surface area contributed by atoms with Crippen LogP contribution in [0.1, 0.15) is 12.8 Å². The number of nitrogens with one attached hydrogen (secondary N) is 1. The van der Waals surface area contributed by atoms with Crippen molar-refractivity contribution < 1.29 is 22.7 Å². The number of amides is 1. The maximum Gasteiger partial charge on any atom is 0.283 e. The summed E-state index contributed by atoms with van der Waals surface area (Å²) in [5, 5.41) is 2.66. The zero-order chi connectivity index (χ0) is 20.9. The minimum absolute atomic E-state index is 0.0774. The Hall–Kier alpha value is -3.07. The monoisotopic (exact) mass is 417 g/mol. The first kappa shape index (κ1) is 20.7. The largest absolute Gasteiger partial charge is 0.493 e. The SMILES string of the molecule is COc1ccccc1OCC(=O)Nc1ccc(S(=O)(=O)N=C2CCCN2C)cc1. The summed E-state index contributed by atoms with van der Waals surface area (Å²) in [5.74, 6) is 1.18. The minimum atomic E-state index is -3.78. The highest BCUT2D eigenvalue weighted by Crippen LogP contribution is 2.25. The number of nitrogens with zero attached hydrogens (tertiary/aromatic N) is 2. The summed E-state index contributed by atoms with van der Waals surface area (Å²) >= 11 is 0. The van der Waals surface area contributed by atoms with Gasteiger partial charge in [0.25, 0.3) is 15.9 Å². The van der Waals surface area contributed by atoms with Gasteiger partial charge in [-0.15, -0.1) is 4.40 Å². The zero-order valence-corrected chi connectivity index (χ0v) is 17.1. The number of hydrogen-bond acceptors (Lipinski definition) is 5. The lowest BCUT2D eigenvalue weighted by Gasteiger charge is -2.11. The van der Waals surface area contributed by atoms with Crippen LogP contribution in [0.3, 0.4) is 0 Å². The molecular weight excluding hydrogens is 394 g/mol. The number of methoxy groups -OCH3 is 1. The zero-order valence-electron chi connectivity index (χ0n) is 16.3. The van der Waals surface area contributed by atoms with Gasteiger partial charge in [0.05, 0.1) is 12.0 Å². The molecule has 1 amide bonds. The minimum Gasteiger partial charge on any atom is -0.493 e. The second kappa shape index (κ2) is 8.95. The van der Waals surface area contributed by atoms with Gasteiger partial charge in [-0.1, -0.05) is 12.1 Å². The molecule has 0 aromatic heterocycles. The van der Waals surface area contributed by atoms with E-state index in [2.05, 4.69) is 9.71 Å². The smallest absolute Gasteiger partial charge is 0.283 e. The Morgan fingerprint density at radius 1 is 1.14 bits per heavy atom. The summed E-state index contributed by atoms with van der Waals surface area (Å²) in [4.78, 5) is 14.0. The van der Waals surface area contributed by atoms with Gasteiger partial charge in [0, 0.05) is 25.7 Å². The third kappa shape index (κ3) is 5.26. The second-order valence-corrected chi connectivity index (χ2v) is 8.12. The number of carbonyl (C=O) groups excluding carboxylic acids is 1. The van der Waals surface area contributed by atoms with E-state index < -0.39 is 10.0 Å². The van der Waals surface area contributed by atoms with Crippen LogP contribution in [0.4, 0.5) is 5.69 Å². The maximum atomic E-state index is 12.5. The summed E-state index contributed by atoms with van der Waals surface area (Å²) in [5.41, 5.74) is 0.461. The van der Waals surface area contributed by atoms with Crippen molar-refractivity contribution in [1.29, 1.82) is 0 Å². The number of sulfonamides is 1. The van der Waals surface area contributed by atoms with Gasteiger partial charge in [-0.2, -0.15) is 8.42 Å². The second-order valence-electron chi connectivity index (χ2n) is 6.52. The highest BCUT2D eigenvalue weighted by Gasteiger charge is 2.20. The lowest BCUT2D eigenvalue weighted by atomic mass is 10.3. The molecular formula is C20H23N3O5S. The van der Waals surface area contributed by atoms with E-state index >= 15 is 0 Å². The molecule has 0 spiro atoms. The van der Waals surface area contributed by atoms with Crippen LogP contribution in [-0.2, 0) is 14.8 Å². The molecule has 2 aromatic carbocycles. The van der Waals surface area contributed by atoms with Gasteiger partial charge in [-0.25, -0.2) is 0 Å². The molecule has 154 valence electrons. The first-order valence-corrected chi connectivity index (χ1v) is 10.5. The molecule has 0 atom stereocenters. The first-order valence-electron chi connectivity index (χ1n) is 9.10. The highest BCUT2D eigenvalue weighted by atomic mass is 32.2. The Kier molecular flexibility index (Phi) is 6.38. The summed E-state index contributed by atoms with van der Waals surface area (Å²) in [6.45, 7) is 0.594. The molecule has 29 heavy (non-hydrogen) atoms. The van der Waals surface area contributed by atoms with Gasteiger partial charge in [0.2, 0.25) is 0 Å². The average molecular weight is 417 g/mol. The molecule has 9 heteroatoms. The van der Waals surface area contributed by atoms with Crippen molar-refractivity contribution in [3.8, 4) is 11.5 Å². The molecule has 0 radical (unpaired) electrons. The third-order valence-electron chi connectivity index (χ3n) is 4.42. The molecule has 1 N–H and O–H groups in total. The Morgan fingerprint density at radius 3 is 2.45 bits per heavy atom. The van der Waals surface area contributed by atoms with Gasteiger partial charge in [0.15, 0.2) is 18.1 Å². The number of benzene rings is 2. The lowest BCUT2D eigenvalue weighted by molar-refractivity contribution is -0.118. The van der Waals surface area contributed by atoms with Crippen LogP contribution in [-0.4, -0.2) is 52.4 Å². The van der Waals surface area contributed by atoms with Crippen LogP contribution in [0.15, 0.2) is 57.8 Å². The highest BCUT2D eigenvalue weighted by molar-refractivity contribution is 7.90. The van der Waals surface area contributed by atoms with Crippen LogP contribution < -0.4 is 14.8 Å². The van der Waals surface area contributed by atoms with E-state index in [1.165, 1.54) is 31.4 Å². The van der Waals surface area contributed by atoms with Crippen molar-refractivity contribution in [2.45, 2.75) is 17.7 Å². The number of likely N-dealkylation sites (tertiary alicyclic amines) is 1. The number of para-hydroxylation sites is 2. The molecule has 3 rings (SSSR count). The van der Waals surface area contributed by atoms with Crippen LogP contribution in [0.5, 0.6) is 11.5 Å². The quantitative estimate of drug-likeness (QED) is 0.744. The van der Waals surface area contributed by atoms with Crippen molar-refractivity contribution >= 4 is 27.5 Å². The number of carbonyl (C=O) groups is 1. The summed E-state index contributed by atoms with van der Waals surface area (Å²) in [6.07, 6.45) is 1.54. The Labute approximate surface area is 170 Å². The molecule has 0 saturated carbocycles. The molecule has 1 aliphatic rings. The van der Waals surface area contributed by atoms with Gasteiger partial charge in [-0.3, -0.25) is 4.79 Å². The number of amidine groups is 1. The van der Waals surface area contributed by atoms with E-state index in [-0.39, 0.29) is 17.4 Å². The predicted molar refractivity (Wildman–Crippen MR) is 110 cm³/mol. The van der Waals surface area contributed by atoms with Crippen LogP contribution >= 0.6 is 0 Å². The van der Waals surface area contributed by atoms with E-state index in [1.54, 1.807) is 24.3 Å². The molecule has 8 nitrogen and oxygen atoms in total. The molecule has 0 unspecified atom stereocenters. The van der Waals surface area contributed by atoms with Crippen LogP contribution in [0.25, 0.3) is 0 Å². The number of anilines is 1. The summed E-state index contributed by atoms with van der Waals surface area (Å²) in [7, 11) is -0.433. The fraction of sp³-hybridized carbons (Fsp3) is 0.300. The molecule has 1 saturated heterocycles. The molecule has 1 heterocycles. The number of rotatable bonds is 7. The van der Waals surface area contributed by atoms with E-state index in [0.717, 1.165) is 13.0 Å². The predicted octanol–water partition coefficient (Wildman–Crippen LogP) is 2.53. The van der Waals surface area contributed by atoms with Gasteiger partial charge in [0.1, 0.15) is 5.84 Å². The maximum absolute atomic E-state index is 12.5. The van der Waals surface area contributed by atoms with E-state index in [1.807, 2.05) is 11.9 Å². The fourth-order valence-corrected chi connectivity index (χ4v) is 3.98. The fourth-order valence-electron chi connectivity index (χ4n) is 2.89. The Morgan fingerprint density at radius 2 is 1.83 bits per heavy atom. The molecule has 2 aromatic rings. The lowest BCUT2D eigenvalue weighted by Crippen LogP contribution is -2.21. The van der Waals surface area contributed by atoms with Crippen molar-refractivity contribution in [2.24, 2.45) is 4.40 Å². The Balaban J connectivity index is 1.61.